The molecule has 1 aliphatic carbocycles. The highest BCUT2D eigenvalue weighted by Crippen LogP contribution is 2.49. The molecule has 0 aliphatic heterocycles. The Bertz CT molecular complexity index is 852. The number of phenolic OH excluding ortho intramolecular Hbond substituents is 1. The number of aromatic hydroxyl groups is 1. The van der Waals surface area contributed by atoms with Crippen LogP contribution in [-0.2, 0) is 5.41 Å². The van der Waals surface area contributed by atoms with Gasteiger partial charge < -0.3 is 14.7 Å². The van der Waals surface area contributed by atoms with Crippen molar-refractivity contribution >= 4 is 0 Å². The lowest BCUT2D eigenvalue weighted by atomic mass is 9.68. The Hall–Kier alpha value is -2.28. The topological polar surface area (TPSA) is 66.5 Å². The van der Waals surface area contributed by atoms with Gasteiger partial charge in [0.25, 0.3) is 0 Å². The summed E-state index contributed by atoms with van der Waals surface area (Å²) in [5.74, 6) is 0.453. The molecule has 140 valence electrons. The molecular formula is C19H20F3NO3. The molecule has 26 heavy (non-hydrogen) atoms. The summed E-state index contributed by atoms with van der Waals surface area (Å²) >= 11 is 0. The average molecular weight is 367 g/mol. The normalized spacial score (nSPS) is 26.3. The maximum absolute atomic E-state index is 13.3. The highest BCUT2D eigenvalue weighted by molar-refractivity contribution is 5.70. The Balaban J connectivity index is 2.10. The van der Waals surface area contributed by atoms with Gasteiger partial charge in [-0.15, -0.1) is 0 Å². The maximum atomic E-state index is 13.3. The Labute approximate surface area is 148 Å². The summed E-state index contributed by atoms with van der Waals surface area (Å²) in [5, 5.41) is 24.4. The lowest BCUT2D eigenvalue weighted by Crippen LogP contribution is -2.50. The molecule has 3 rings (SSSR count). The van der Waals surface area contributed by atoms with Crippen molar-refractivity contribution < 1.29 is 27.9 Å². The van der Waals surface area contributed by atoms with Gasteiger partial charge in [-0.2, -0.15) is 13.2 Å². The first-order valence-corrected chi connectivity index (χ1v) is 8.20. The first kappa shape index (κ1) is 18.5. The van der Waals surface area contributed by atoms with Crippen LogP contribution in [0.3, 0.4) is 0 Å². The number of nitrogens with zero attached hydrogens (tertiary/aromatic N) is 1. The van der Waals surface area contributed by atoms with Crippen LogP contribution < -0.4 is 0 Å². The molecule has 0 radical (unpaired) electrons. The summed E-state index contributed by atoms with van der Waals surface area (Å²) < 4.78 is 45.1. The van der Waals surface area contributed by atoms with E-state index in [1.807, 2.05) is 0 Å². The molecule has 7 heteroatoms. The minimum Gasteiger partial charge on any atom is -0.508 e. The maximum Gasteiger partial charge on any atom is 0.417 e. The quantitative estimate of drug-likeness (QED) is 0.764. The van der Waals surface area contributed by atoms with Crippen LogP contribution in [0.15, 0.2) is 34.9 Å². The number of alkyl halides is 3. The number of hydrogen-bond donors (Lipinski definition) is 2. The van der Waals surface area contributed by atoms with E-state index in [-0.39, 0.29) is 5.75 Å². The molecule has 2 atom stereocenters. The first-order valence-electron chi connectivity index (χ1n) is 8.20. The minimum absolute atomic E-state index is 0.126. The van der Waals surface area contributed by atoms with Gasteiger partial charge in [-0.1, -0.05) is 30.3 Å². The van der Waals surface area contributed by atoms with Gasteiger partial charge in [0.1, 0.15) is 11.5 Å². The van der Waals surface area contributed by atoms with E-state index < -0.39 is 30.0 Å². The number of benzene rings is 1. The standard InChI is InChI=1S/C19H20F3NO3/c1-11-16(12(2)26-23-11)13-5-6-15(24)14(9-13)17(3)7-4-8-18(25,10-17)19(20,21)22/h4-7,9,24-25H,8,10H2,1-3H3. The van der Waals surface area contributed by atoms with E-state index >= 15 is 0 Å². The van der Waals surface area contributed by atoms with E-state index in [4.69, 9.17) is 4.52 Å². The van der Waals surface area contributed by atoms with Crippen molar-refractivity contribution in [3.8, 4) is 16.9 Å². The van der Waals surface area contributed by atoms with E-state index in [0.29, 0.717) is 22.6 Å². The molecule has 1 heterocycles. The predicted molar refractivity (Wildman–Crippen MR) is 89.8 cm³/mol. The summed E-state index contributed by atoms with van der Waals surface area (Å²) in [5.41, 5.74) is -1.63. The zero-order valence-electron chi connectivity index (χ0n) is 14.7. The van der Waals surface area contributed by atoms with Crippen molar-refractivity contribution in [2.24, 2.45) is 0 Å². The number of phenols is 1. The number of hydrogen-bond acceptors (Lipinski definition) is 4. The zero-order valence-corrected chi connectivity index (χ0v) is 14.7. The van der Waals surface area contributed by atoms with Gasteiger partial charge in [-0.05, 0) is 38.0 Å². The van der Waals surface area contributed by atoms with Crippen LogP contribution >= 0.6 is 0 Å². The number of allylic oxidation sites excluding steroid dienone is 1. The van der Waals surface area contributed by atoms with Crippen molar-refractivity contribution in [2.45, 2.75) is 50.8 Å². The Morgan fingerprint density at radius 3 is 2.50 bits per heavy atom. The molecule has 0 saturated carbocycles. The number of aliphatic hydroxyl groups is 1. The van der Waals surface area contributed by atoms with Gasteiger partial charge >= 0.3 is 6.18 Å². The van der Waals surface area contributed by atoms with Crippen molar-refractivity contribution in [1.29, 1.82) is 0 Å². The Morgan fingerprint density at radius 2 is 1.92 bits per heavy atom. The molecule has 1 aromatic carbocycles. The molecule has 0 amide bonds. The molecule has 0 saturated heterocycles. The fourth-order valence-corrected chi connectivity index (χ4v) is 3.70. The molecule has 1 aliphatic rings. The molecule has 4 nitrogen and oxygen atoms in total. The number of rotatable bonds is 2. The second-order valence-corrected chi connectivity index (χ2v) is 7.16. The monoisotopic (exact) mass is 367 g/mol. The summed E-state index contributed by atoms with van der Waals surface area (Å²) in [6.07, 6.45) is -2.90. The summed E-state index contributed by atoms with van der Waals surface area (Å²) in [7, 11) is 0. The first-order chi connectivity index (χ1) is 12.0. The lowest BCUT2D eigenvalue weighted by Gasteiger charge is -2.41. The molecule has 0 bridgehead atoms. The molecule has 0 spiro atoms. The van der Waals surface area contributed by atoms with Crippen LogP contribution in [0.5, 0.6) is 5.75 Å². The number of halogens is 3. The van der Waals surface area contributed by atoms with Gasteiger partial charge in [0.05, 0.1) is 5.69 Å². The fraction of sp³-hybridized carbons (Fsp3) is 0.421. The third-order valence-corrected chi connectivity index (χ3v) is 5.06. The SMILES string of the molecule is Cc1noc(C)c1-c1ccc(O)c(C2(C)C=CCC(O)(C(F)(F)F)C2)c1. The zero-order chi connectivity index (χ0) is 19.3. The van der Waals surface area contributed by atoms with Crippen molar-refractivity contribution in [2.75, 3.05) is 0 Å². The van der Waals surface area contributed by atoms with Gasteiger partial charge in [0.2, 0.25) is 0 Å². The van der Waals surface area contributed by atoms with Gasteiger partial charge in [0, 0.05) is 23.0 Å². The van der Waals surface area contributed by atoms with Crippen LogP contribution in [-0.4, -0.2) is 27.1 Å². The lowest BCUT2D eigenvalue weighted by molar-refractivity contribution is -0.266. The molecule has 2 aromatic rings. The molecule has 0 fully saturated rings. The van der Waals surface area contributed by atoms with E-state index in [9.17, 15) is 23.4 Å². The van der Waals surface area contributed by atoms with Crippen molar-refractivity contribution in [3.05, 3.63) is 47.4 Å². The third kappa shape index (κ3) is 2.90. The Kier molecular flexibility index (Phi) is 4.18. The molecule has 1 aromatic heterocycles. The van der Waals surface area contributed by atoms with Crippen LogP contribution in [0.1, 0.15) is 36.8 Å². The van der Waals surface area contributed by atoms with Gasteiger partial charge in [0.15, 0.2) is 5.60 Å². The highest BCUT2D eigenvalue weighted by atomic mass is 19.4. The smallest absolute Gasteiger partial charge is 0.417 e. The van der Waals surface area contributed by atoms with E-state index in [1.54, 1.807) is 39.0 Å². The van der Waals surface area contributed by atoms with Gasteiger partial charge in [-0.3, -0.25) is 0 Å². The predicted octanol–water partition coefficient (Wildman–Crippen LogP) is 4.57. The minimum atomic E-state index is -4.76. The van der Waals surface area contributed by atoms with Crippen LogP contribution in [0, 0.1) is 13.8 Å². The third-order valence-electron chi connectivity index (χ3n) is 5.06. The fourth-order valence-electron chi connectivity index (χ4n) is 3.70. The number of aryl methyl sites for hydroxylation is 2. The molecule has 2 unspecified atom stereocenters. The van der Waals surface area contributed by atoms with E-state index in [2.05, 4.69) is 5.16 Å². The second kappa shape index (κ2) is 5.87. The van der Waals surface area contributed by atoms with Gasteiger partial charge in [-0.25, -0.2) is 0 Å². The van der Waals surface area contributed by atoms with Crippen molar-refractivity contribution in [1.82, 2.24) is 5.16 Å². The molecule has 2 N–H and O–H groups in total. The Morgan fingerprint density at radius 1 is 1.23 bits per heavy atom. The van der Waals surface area contributed by atoms with Crippen LogP contribution in [0.4, 0.5) is 13.2 Å². The average Bonchev–Trinajstić information content (AvgIpc) is 2.86. The van der Waals surface area contributed by atoms with E-state index in [0.717, 1.165) is 5.56 Å². The largest absolute Gasteiger partial charge is 0.508 e. The molecular weight excluding hydrogens is 347 g/mol. The van der Waals surface area contributed by atoms with Crippen LogP contribution in [0.25, 0.3) is 11.1 Å². The second-order valence-electron chi connectivity index (χ2n) is 7.16. The van der Waals surface area contributed by atoms with E-state index in [1.165, 1.54) is 12.1 Å². The van der Waals surface area contributed by atoms with Crippen LogP contribution in [0.2, 0.25) is 0 Å². The summed E-state index contributed by atoms with van der Waals surface area (Å²) in [6.45, 7) is 5.08. The summed E-state index contributed by atoms with van der Waals surface area (Å²) in [6, 6.07) is 4.74. The summed E-state index contributed by atoms with van der Waals surface area (Å²) in [4.78, 5) is 0. The number of aromatic nitrogens is 1. The van der Waals surface area contributed by atoms with Crippen molar-refractivity contribution in [3.63, 3.8) is 0 Å². The highest BCUT2D eigenvalue weighted by Gasteiger charge is 2.57.